The molecule has 0 saturated carbocycles. The topological polar surface area (TPSA) is 171 Å². The fourth-order valence-corrected chi connectivity index (χ4v) is 3.06. The molecule has 0 bridgehead atoms. The van der Waals surface area contributed by atoms with Gasteiger partial charge in [0.2, 0.25) is 11.5 Å². The van der Waals surface area contributed by atoms with Crippen LogP contribution in [0.1, 0.15) is 31.8 Å². The Morgan fingerprint density at radius 1 is 0.684 bits per heavy atom. The van der Waals surface area contributed by atoms with Gasteiger partial charge in [0.1, 0.15) is 48.0 Å². The van der Waals surface area contributed by atoms with Gasteiger partial charge >= 0.3 is 11.9 Å². The normalized spacial score (nSPS) is 10.2. The molecule has 10 nitrogen and oxygen atoms in total. The molecule has 0 amide bonds. The van der Waals surface area contributed by atoms with Crippen molar-refractivity contribution >= 4 is 11.9 Å². The Morgan fingerprint density at radius 2 is 1.03 bits per heavy atom. The van der Waals surface area contributed by atoms with Crippen LogP contribution in [0.2, 0.25) is 0 Å². The Labute approximate surface area is 215 Å². The van der Waals surface area contributed by atoms with Gasteiger partial charge in [0.05, 0.1) is 11.1 Å². The van der Waals surface area contributed by atoms with E-state index in [4.69, 9.17) is 30.4 Å². The zero-order valence-electron chi connectivity index (χ0n) is 19.7. The first kappa shape index (κ1) is 27.5. The molecule has 0 spiro atoms. The van der Waals surface area contributed by atoms with Crippen molar-refractivity contribution in [2.45, 2.75) is 0 Å². The second-order valence-electron chi connectivity index (χ2n) is 7.36. The van der Waals surface area contributed by atoms with Crippen molar-refractivity contribution in [3.05, 3.63) is 82.4 Å². The SMILES string of the molecule is N#Cc1c(F)c(Oc2ccc(C(=O)OCCN)cc2)c(Oc2ccc(C(=O)OCCN)cc2)c(F)c1C#N. The zero-order chi connectivity index (χ0) is 27.7. The molecule has 0 aliphatic carbocycles. The lowest BCUT2D eigenvalue weighted by molar-refractivity contribution is 0.0507. The van der Waals surface area contributed by atoms with Gasteiger partial charge in [-0.25, -0.2) is 18.4 Å². The summed E-state index contributed by atoms with van der Waals surface area (Å²) < 4.78 is 51.4. The number of halogens is 2. The summed E-state index contributed by atoms with van der Waals surface area (Å²) in [6, 6.07) is 13.3. The average Bonchev–Trinajstić information content (AvgIpc) is 2.94. The lowest BCUT2D eigenvalue weighted by atomic mass is 10.1. The van der Waals surface area contributed by atoms with E-state index in [1.54, 1.807) is 0 Å². The molecule has 3 aromatic rings. The molecule has 0 radical (unpaired) electrons. The molecule has 0 atom stereocenters. The van der Waals surface area contributed by atoms with Crippen LogP contribution in [0.15, 0.2) is 48.5 Å². The van der Waals surface area contributed by atoms with Crippen molar-refractivity contribution in [3.8, 4) is 35.1 Å². The van der Waals surface area contributed by atoms with E-state index in [0.717, 1.165) is 0 Å². The predicted octanol–water partition coefficient (Wildman–Crippen LogP) is 3.52. The van der Waals surface area contributed by atoms with Crippen LogP contribution in [0.5, 0.6) is 23.0 Å². The molecule has 3 rings (SSSR count). The first-order valence-electron chi connectivity index (χ1n) is 11.0. The molecule has 4 N–H and O–H groups in total. The van der Waals surface area contributed by atoms with Crippen molar-refractivity contribution in [3.63, 3.8) is 0 Å². The summed E-state index contributed by atoms with van der Waals surface area (Å²) in [7, 11) is 0. The molecule has 0 unspecified atom stereocenters. The van der Waals surface area contributed by atoms with Gasteiger partial charge in [0.25, 0.3) is 0 Å². The number of ether oxygens (including phenoxy) is 4. The number of carbonyl (C=O) groups excluding carboxylic acids is 2. The Morgan fingerprint density at radius 3 is 1.32 bits per heavy atom. The second-order valence-corrected chi connectivity index (χ2v) is 7.36. The summed E-state index contributed by atoms with van der Waals surface area (Å²) in [4.78, 5) is 23.9. The van der Waals surface area contributed by atoms with Gasteiger partial charge in [-0.1, -0.05) is 0 Å². The van der Waals surface area contributed by atoms with Crippen LogP contribution in [0, 0.1) is 34.3 Å². The lowest BCUT2D eigenvalue weighted by Crippen LogP contribution is -2.13. The van der Waals surface area contributed by atoms with Gasteiger partial charge in [0.15, 0.2) is 11.6 Å². The maximum atomic E-state index is 15.3. The van der Waals surface area contributed by atoms with Crippen LogP contribution >= 0.6 is 0 Å². The van der Waals surface area contributed by atoms with Crippen molar-refractivity contribution in [1.82, 2.24) is 0 Å². The molecule has 0 aliphatic heterocycles. The highest BCUT2D eigenvalue weighted by atomic mass is 19.1. The summed E-state index contributed by atoms with van der Waals surface area (Å²) in [5, 5.41) is 18.6. The average molecular weight is 522 g/mol. The van der Waals surface area contributed by atoms with Gasteiger partial charge in [-0.05, 0) is 48.5 Å². The standard InChI is InChI=1S/C26H20F2N4O6/c27-21-19(13-31)20(14-32)22(28)24(38-18-7-3-16(4-8-18)26(34)36-12-10-30)23(21)37-17-5-1-15(2-6-17)25(33)35-11-9-29/h1-8H,9-12,29-30H2. The predicted molar refractivity (Wildman–Crippen MR) is 127 cm³/mol. The van der Waals surface area contributed by atoms with Gasteiger partial charge in [-0.2, -0.15) is 10.5 Å². The maximum Gasteiger partial charge on any atom is 0.338 e. The lowest BCUT2D eigenvalue weighted by Gasteiger charge is -2.16. The Kier molecular flexibility index (Phi) is 9.26. The molecule has 0 aliphatic rings. The maximum absolute atomic E-state index is 15.3. The molecular weight excluding hydrogens is 502 g/mol. The number of carbonyl (C=O) groups is 2. The summed E-state index contributed by atoms with van der Waals surface area (Å²) in [6.45, 7) is 0.309. The van der Waals surface area contributed by atoms with E-state index in [0.29, 0.717) is 0 Å². The van der Waals surface area contributed by atoms with Crippen molar-refractivity contribution in [2.24, 2.45) is 11.5 Å². The molecule has 0 aromatic heterocycles. The molecule has 38 heavy (non-hydrogen) atoms. The van der Waals surface area contributed by atoms with E-state index in [9.17, 15) is 20.1 Å². The minimum absolute atomic E-state index is 0.0142. The monoisotopic (exact) mass is 522 g/mol. The molecule has 194 valence electrons. The smallest absolute Gasteiger partial charge is 0.338 e. The molecule has 0 saturated heterocycles. The third-order valence-corrected chi connectivity index (χ3v) is 4.84. The Balaban J connectivity index is 1.97. The van der Waals surface area contributed by atoms with Crippen LogP contribution in [0.4, 0.5) is 8.78 Å². The number of esters is 2. The van der Waals surface area contributed by atoms with Crippen molar-refractivity contribution < 1.29 is 37.3 Å². The molecule has 12 heteroatoms. The largest absolute Gasteiger partial charge is 0.461 e. The first-order chi connectivity index (χ1) is 18.3. The van der Waals surface area contributed by atoms with Crippen molar-refractivity contribution in [1.29, 1.82) is 10.5 Å². The fourth-order valence-electron chi connectivity index (χ4n) is 3.06. The summed E-state index contributed by atoms with van der Waals surface area (Å²) in [5.41, 5.74) is 9.14. The van der Waals surface area contributed by atoms with Crippen LogP contribution < -0.4 is 20.9 Å². The number of nitriles is 2. The zero-order valence-corrected chi connectivity index (χ0v) is 19.7. The minimum Gasteiger partial charge on any atom is -0.461 e. The van der Waals surface area contributed by atoms with Gasteiger partial charge < -0.3 is 30.4 Å². The Hall–Kier alpha value is -5.04. The minimum atomic E-state index is -1.34. The number of hydrogen-bond acceptors (Lipinski definition) is 10. The van der Waals surface area contributed by atoms with E-state index >= 15 is 8.78 Å². The second kappa shape index (κ2) is 12.8. The third kappa shape index (κ3) is 6.20. The van der Waals surface area contributed by atoms with E-state index in [-0.39, 0.29) is 48.9 Å². The number of hydrogen-bond donors (Lipinski definition) is 2. The molecule has 3 aromatic carbocycles. The highest BCUT2D eigenvalue weighted by molar-refractivity contribution is 5.90. The van der Waals surface area contributed by atoms with Crippen LogP contribution in [-0.2, 0) is 9.47 Å². The van der Waals surface area contributed by atoms with E-state index in [1.165, 1.54) is 60.7 Å². The number of benzene rings is 3. The van der Waals surface area contributed by atoms with E-state index in [1.807, 2.05) is 0 Å². The molecule has 0 fully saturated rings. The summed E-state index contributed by atoms with van der Waals surface area (Å²) in [5.74, 6) is -5.70. The van der Waals surface area contributed by atoms with E-state index < -0.39 is 46.2 Å². The highest BCUT2D eigenvalue weighted by Gasteiger charge is 2.29. The van der Waals surface area contributed by atoms with Crippen LogP contribution in [0.3, 0.4) is 0 Å². The summed E-state index contributed by atoms with van der Waals surface area (Å²) >= 11 is 0. The van der Waals surface area contributed by atoms with Crippen molar-refractivity contribution in [2.75, 3.05) is 26.3 Å². The van der Waals surface area contributed by atoms with Gasteiger partial charge in [-0.15, -0.1) is 0 Å². The van der Waals surface area contributed by atoms with Gasteiger partial charge in [0, 0.05) is 13.1 Å². The highest BCUT2D eigenvalue weighted by Crippen LogP contribution is 2.42. The number of nitrogens with two attached hydrogens (primary N) is 2. The quantitative estimate of drug-likeness (QED) is 0.375. The fraction of sp³-hybridized carbons (Fsp3) is 0.154. The third-order valence-electron chi connectivity index (χ3n) is 4.84. The summed E-state index contributed by atoms with van der Waals surface area (Å²) in [6.07, 6.45) is 0. The first-order valence-corrected chi connectivity index (χ1v) is 11.0. The van der Waals surface area contributed by atoms with Gasteiger partial charge in [-0.3, -0.25) is 0 Å². The Bertz CT molecular complexity index is 1310. The van der Waals surface area contributed by atoms with Crippen LogP contribution in [0.25, 0.3) is 0 Å². The molecular formula is C26H20F2N4O6. The number of nitrogens with zero attached hydrogens (tertiary/aromatic N) is 2. The number of rotatable bonds is 10. The molecule has 0 heterocycles. The van der Waals surface area contributed by atoms with Crippen LogP contribution in [-0.4, -0.2) is 38.2 Å². The van der Waals surface area contributed by atoms with E-state index in [2.05, 4.69) is 0 Å².